The zero-order valence-corrected chi connectivity index (χ0v) is 18.6. The molecular formula is C23H26ClN3O3. The maximum Gasteiger partial charge on any atom is 0.319 e. The minimum absolute atomic E-state index is 0.352. The van der Waals surface area contributed by atoms with Crippen LogP contribution in [0.2, 0.25) is 5.02 Å². The van der Waals surface area contributed by atoms with Gasteiger partial charge in [-0.2, -0.15) is 0 Å². The van der Waals surface area contributed by atoms with Gasteiger partial charge in [0.25, 0.3) is 0 Å². The molecule has 7 heteroatoms. The second-order valence-corrected chi connectivity index (χ2v) is 7.47. The van der Waals surface area contributed by atoms with Gasteiger partial charge in [0.1, 0.15) is 11.5 Å². The van der Waals surface area contributed by atoms with E-state index in [1.165, 1.54) is 19.8 Å². The number of hydrogen-bond donors (Lipinski definition) is 2. The highest BCUT2D eigenvalue weighted by atomic mass is 35.5. The molecular weight excluding hydrogens is 402 g/mol. The number of anilines is 1. The summed E-state index contributed by atoms with van der Waals surface area (Å²) in [4.78, 5) is 12.5. The molecule has 0 aliphatic rings. The zero-order chi connectivity index (χ0) is 21.8. The Morgan fingerprint density at radius 1 is 1.03 bits per heavy atom. The van der Waals surface area contributed by atoms with Crippen molar-refractivity contribution in [2.24, 2.45) is 0 Å². The van der Waals surface area contributed by atoms with Crippen molar-refractivity contribution < 1.29 is 14.3 Å². The van der Waals surface area contributed by atoms with E-state index < -0.39 is 0 Å². The smallest absolute Gasteiger partial charge is 0.319 e. The molecule has 2 amide bonds. The summed E-state index contributed by atoms with van der Waals surface area (Å²) in [7, 11) is 3.04. The summed E-state index contributed by atoms with van der Waals surface area (Å²) in [5.41, 5.74) is 6.02. The fraction of sp³-hybridized carbons (Fsp3) is 0.261. The van der Waals surface area contributed by atoms with Crippen LogP contribution in [0.1, 0.15) is 22.5 Å². The third kappa shape index (κ3) is 4.54. The Balaban J connectivity index is 1.73. The fourth-order valence-corrected chi connectivity index (χ4v) is 3.71. The molecule has 0 spiro atoms. The van der Waals surface area contributed by atoms with E-state index in [2.05, 4.69) is 60.2 Å². The summed E-state index contributed by atoms with van der Waals surface area (Å²) in [6.07, 6.45) is 0. The quantitative estimate of drug-likeness (QED) is 0.554. The fourth-order valence-electron chi connectivity index (χ4n) is 3.47. The van der Waals surface area contributed by atoms with Crippen molar-refractivity contribution in [1.82, 2.24) is 9.88 Å². The number of nitrogens with zero attached hydrogens (tertiary/aromatic N) is 1. The first-order chi connectivity index (χ1) is 14.3. The molecule has 0 aliphatic heterocycles. The van der Waals surface area contributed by atoms with Crippen molar-refractivity contribution in [2.45, 2.75) is 27.3 Å². The first kappa shape index (κ1) is 21.6. The maximum atomic E-state index is 12.5. The minimum Gasteiger partial charge on any atom is -0.495 e. The van der Waals surface area contributed by atoms with Gasteiger partial charge in [0, 0.05) is 29.7 Å². The number of aromatic nitrogens is 1. The van der Waals surface area contributed by atoms with Gasteiger partial charge in [-0.05, 0) is 56.2 Å². The molecule has 0 unspecified atom stereocenters. The van der Waals surface area contributed by atoms with Crippen LogP contribution in [0.3, 0.4) is 0 Å². The highest BCUT2D eigenvalue weighted by Crippen LogP contribution is 2.35. The molecule has 0 saturated carbocycles. The molecule has 2 N–H and O–H groups in total. The van der Waals surface area contributed by atoms with Crippen LogP contribution in [0.5, 0.6) is 11.5 Å². The third-order valence-corrected chi connectivity index (χ3v) is 5.25. The van der Waals surface area contributed by atoms with Crippen molar-refractivity contribution >= 4 is 23.3 Å². The van der Waals surface area contributed by atoms with E-state index in [1.807, 2.05) is 6.07 Å². The number of carbonyl (C=O) groups excluding carboxylic acids is 1. The highest BCUT2D eigenvalue weighted by molar-refractivity contribution is 6.32. The van der Waals surface area contributed by atoms with Crippen LogP contribution in [0.15, 0.2) is 42.5 Å². The minimum atomic E-state index is -0.352. The van der Waals surface area contributed by atoms with Crippen LogP contribution >= 0.6 is 11.6 Å². The molecule has 0 aliphatic carbocycles. The van der Waals surface area contributed by atoms with Crippen molar-refractivity contribution in [2.75, 3.05) is 19.5 Å². The van der Waals surface area contributed by atoms with Crippen molar-refractivity contribution in [1.29, 1.82) is 0 Å². The van der Waals surface area contributed by atoms with Crippen LogP contribution in [-0.2, 0) is 6.54 Å². The lowest BCUT2D eigenvalue weighted by atomic mass is 10.2. The number of halogens is 1. The molecule has 0 saturated heterocycles. The largest absolute Gasteiger partial charge is 0.495 e. The summed E-state index contributed by atoms with van der Waals surface area (Å²) < 4.78 is 12.7. The third-order valence-electron chi connectivity index (χ3n) is 4.96. The van der Waals surface area contributed by atoms with E-state index >= 15 is 0 Å². The van der Waals surface area contributed by atoms with Gasteiger partial charge in [0.15, 0.2) is 0 Å². The summed E-state index contributed by atoms with van der Waals surface area (Å²) in [6, 6.07) is 13.3. The average Bonchev–Trinajstić information content (AvgIpc) is 3.00. The number of hydrogen-bond acceptors (Lipinski definition) is 3. The predicted molar refractivity (Wildman–Crippen MR) is 120 cm³/mol. The van der Waals surface area contributed by atoms with Gasteiger partial charge in [-0.25, -0.2) is 4.79 Å². The van der Waals surface area contributed by atoms with Crippen LogP contribution in [0.25, 0.3) is 5.69 Å². The van der Waals surface area contributed by atoms with Gasteiger partial charge in [0.05, 0.1) is 24.9 Å². The lowest BCUT2D eigenvalue weighted by molar-refractivity contribution is 0.251. The van der Waals surface area contributed by atoms with Crippen LogP contribution in [-0.4, -0.2) is 24.8 Å². The van der Waals surface area contributed by atoms with Gasteiger partial charge < -0.3 is 24.7 Å². The van der Waals surface area contributed by atoms with Crippen LogP contribution < -0.4 is 20.1 Å². The number of ether oxygens (including phenoxy) is 2. The molecule has 0 fully saturated rings. The summed E-state index contributed by atoms with van der Waals surface area (Å²) in [6.45, 7) is 6.58. The van der Waals surface area contributed by atoms with Gasteiger partial charge in [-0.15, -0.1) is 0 Å². The molecule has 3 aromatic rings. The summed E-state index contributed by atoms with van der Waals surface area (Å²) in [5.74, 6) is 0.937. The topological polar surface area (TPSA) is 64.5 Å². The van der Waals surface area contributed by atoms with E-state index in [4.69, 9.17) is 21.1 Å². The number of aryl methyl sites for hydroxylation is 2. The number of nitrogens with one attached hydrogen (secondary N) is 2. The van der Waals surface area contributed by atoms with Crippen molar-refractivity contribution in [3.05, 3.63) is 70.0 Å². The summed E-state index contributed by atoms with van der Waals surface area (Å²) in [5, 5.41) is 6.06. The second-order valence-electron chi connectivity index (χ2n) is 7.07. The number of benzene rings is 2. The Morgan fingerprint density at radius 2 is 1.77 bits per heavy atom. The lowest BCUT2D eigenvalue weighted by Gasteiger charge is -2.14. The van der Waals surface area contributed by atoms with E-state index in [1.54, 1.807) is 12.1 Å². The molecule has 0 radical (unpaired) electrons. The Hall–Kier alpha value is -3.12. The molecule has 2 aromatic carbocycles. The first-order valence-corrected chi connectivity index (χ1v) is 9.93. The molecule has 30 heavy (non-hydrogen) atoms. The average molecular weight is 428 g/mol. The van der Waals surface area contributed by atoms with Gasteiger partial charge in [-0.1, -0.05) is 23.7 Å². The normalized spacial score (nSPS) is 10.6. The van der Waals surface area contributed by atoms with Crippen molar-refractivity contribution in [3.63, 3.8) is 0 Å². The number of carbonyl (C=O) groups is 1. The van der Waals surface area contributed by atoms with Gasteiger partial charge >= 0.3 is 6.03 Å². The Morgan fingerprint density at radius 3 is 2.43 bits per heavy atom. The molecule has 1 aromatic heterocycles. The first-order valence-electron chi connectivity index (χ1n) is 9.55. The summed E-state index contributed by atoms with van der Waals surface area (Å²) >= 11 is 6.17. The monoisotopic (exact) mass is 427 g/mol. The Labute approximate surface area is 181 Å². The van der Waals surface area contributed by atoms with E-state index in [0.717, 1.165) is 22.6 Å². The van der Waals surface area contributed by atoms with E-state index in [9.17, 15) is 4.79 Å². The number of urea groups is 1. The lowest BCUT2D eigenvalue weighted by Crippen LogP contribution is -2.28. The zero-order valence-electron chi connectivity index (χ0n) is 17.8. The molecule has 3 rings (SSSR count). The van der Waals surface area contributed by atoms with Gasteiger partial charge in [-0.3, -0.25) is 0 Å². The molecule has 158 valence electrons. The molecule has 0 bridgehead atoms. The number of amides is 2. The predicted octanol–water partition coefficient (Wildman–Crippen LogP) is 5.39. The number of rotatable bonds is 6. The molecule has 0 atom stereocenters. The molecule has 6 nitrogen and oxygen atoms in total. The van der Waals surface area contributed by atoms with Gasteiger partial charge in [0.2, 0.25) is 0 Å². The number of methoxy groups -OCH3 is 2. The standard InChI is InChI=1S/C23H26ClN3O3/c1-14-7-6-8-18(9-14)27-15(2)10-17(16(27)3)13-25-23(28)26-20-11-19(24)21(29-4)12-22(20)30-5/h6-12H,13H2,1-5H3,(H2,25,26,28). The molecule has 1 heterocycles. The van der Waals surface area contributed by atoms with E-state index in [0.29, 0.717) is 28.8 Å². The Kier molecular flexibility index (Phi) is 6.57. The Bertz CT molecular complexity index is 1080. The maximum absolute atomic E-state index is 12.5. The van der Waals surface area contributed by atoms with Crippen molar-refractivity contribution in [3.8, 4) is 17.2 Å². The van der Waals surface area contributed by atoms with Crippen LogP contribution in [0, 0.1) is 20.8 Å². The second kappa shape index (κ2) is 9.13. The SMILES string of the molecule is COc1cc(OC)c(NC(=O)NCc2cc(C)n(-c3cccc(C)c3)c2C)cc1Cl. The highest BCUT2D eigenvalue weighted by Gasteiger charge is 2.14. The van der Waals surface area contributed by atoms with Crippen LogP contribution in [0.4, 0.5) is 10.5 Å². The van der Waals surface area contributed by atoms with E-state index in [-0.39, 0.29) is 6.03 Å².